The Labute approximate surface area is 225 Å². The maximum atomic E-state index is 13.9. The van der Waals surface area contributed by atoms with E-state index >= 15 is 0 Å². The van der Waals surface area contributed by atoms with Crippen molar-refractivity contribution in [2.75, 3.05) is 26.1 Å². The zero-order valence-electron chi connectivity index (χ0n) is 22.2. The molecule has 0 aliphatic rings. The van der Waals surface area contributed by atoms with E-state index in [0.29, 0.717) is 23.4 Å². The number of amides is 2. The van der Waals surface area contributed by atoms with Crippen LogP contribution in [0.4, 0.5) is 10.5 Å². The molecule has 2 heterocycles. The number of urea groups is 1. The lowest BCUT2D eigenvalue weighted by molar-refractivity contribution is 0.0592. The van der Waals surface area contributed by atoms with Crippen LogP contribution >= 0.6 is 0 Å². The first kappa shape index (κ1) is 27.1. The molecule has 9 heteroatoms. The number of carbonyl (C=O) groups excluding carboxylic acids is 4. The van der Waals surface area contributed by atoms with Gasteiger partial charge in [0, 0.05) is 23.9 Å². The first-order valence-corrected chi connectivity index (χ1v) is 12.4. The summed E-state index contributed by atoms with van der Waals surface area (Å²) in [6.07, 6.45) is 2.54. The average Bonchev–Trinajstić information content (AvgIpc) is 3.26. The first-order chi connectivity index (χ1) is 18.8. The maximum absolute atomic E-state index is 13.9. The second-order valence-electron chi connectivity index (χ2n) is 8.84. The van der Waals surface area contributed by atoms with Crippen LogP contribution in [0.2, 0.25) is 0 Å². The van der Waals surface area contributed by atoms with Crippen LogP contribution in [0.25, 0.3) is 16.6 Å². The van der Waals surface area contributed by atoms with Gasteiger partial charge in [0.25, 0.3) is 0 Å². The van der Waals surface area contributed by atoms with Crippen LogP contribution in [-0.4, -0.2) is 48.9 Å². The van der Waals surface area contributed by atoms with E-state index in [0.717, 1.165) is 23.1 Å². The molecule has 0 fully saturated rings. The number of ether oxygens (including phenoxy) is 2. The number of ketones is 1. The van der Waals surface area contributed by atoms with Crippen molar-refractivity contribution in [1.82, 2.24) is 9.72 Å². The number of hydrogen-bond acceptors (Lipinski definition) is 6. The minimum absolute atomic E-state index is 0.0551. The molecule has 2 N–H and O–H groups in total. The Kier molecular flexibility index (Phi) is 8.10. The van der Waals surface area contributed by atoms with Gasteiger partial charge < -0.3 is 24.5 Å². The third-order valence-electron chi connectivity index (χ3n) is 6.35. The SMILES string of the molecule is CCCNC(=O)Nc1ccc(C(=O)c2c(C)c(-c3cccc(C(=O)OC)c3)c3ccccn23)cc1C(=O)OC. The summed E-state index contributed by atoms with van der Waals surface area (Å²) in [4.78, 5) is 50.9. The van der Waals surface area contributed by atoms with Gasteiger partial charge in [-0.3, -0.25) is 4.79 Å². The second kappa shape index (κ2) is 11.6. The van der Waals surface area contributed by atoms with Crippen LogP contribution < -0.4 is 10.6 Å². The number of fused-ring (bicyclic) bond motifs is 1. The Bertz CT molecular complexity index is 1590. The molecular formula is C30H29N3O6. The zero-order chi connectivity index (χ0) is 28.1. The molecule has 4 rings (SSSR count). The molecule has 0 unspecified atom stereocenters. The van der Waals surface area contributed by atoms with Crippen molar-refractivity contribution in [2.45, 2.75) is 20.3 Å². The van der Waals surface area contributed by atoms with E-state index in [9.17, 15) is 19.2 Å². The number of anilines is 1. The average molecular weight is 528 g/mol. The Morgan fingerprint density at radius 2 is 1.64 bits per heavy atom. The van der Waals surface area contributed by atoms with Gasteiger partial charge >= 0.3 is 18.0 Å². The molecule has 39 heavy (non-hydrogen) atoms. The van der Waals surface area contributed by atoms with Gasteiger partial charge in [-0.05, 0) is 66.9 Å². The number of esters is 2. The minimum atomic E-state index is -0.688. The van der Waals surface area contributed by atoms with Gasteiger partial charge in [0.15, 0.2) is 0 Å². The largest absolute Gasteiger partial charge is 0.465 e. The fourth-order valence-electron chi connectivity index (χ4n) is 4.51. The van der Waals surface area contributed by atoms with E-state index in [2.05, 4.69) is 10.6 Å². The van der Waals surface area contributed by atoms with E-state index in [1.807, 2.05) is 38.1 Å². The molecular weight excluding hydrogens is 498 g/mol. The van der Waals surface area contributed by atoms with Gasteiger partial charge in [-0.25, -0.2) is 14.4 Å². The van der Waals surface area contributed by atoms with Crippen LogP contribution in [0.5, 0.6) is 0 Å². The number of methoxy groups -OCH3 is 2. The fourth-order valence-corrected chi connectivity index (χ4v) is 4.51. The summed E-state index contributed by atoms with van der Waals surface area (Å²) in [6.45, 7) is 4.24. The third-order valence-corrected chi connectivity index (χ3v) is 6.35. The van der Waals surface area contributed by atoms with E-state index in [-0.39, 0.29) is 22.6 Å². The Morgan fingerprint density at radius 3 is 2.36 bits per heavy atom. The minimum Gasteiger partial charge on any atom is -0.465 e. The summed E-state index contributed by atoms with van der Waals surface area (Å²) >= 11 is 0. The smallest absolute Gasteiger partial charge is 0.339 e. The maximum Gasteiger partial charge on any atom is 0.339 e. The lowest BCUT2D eigenvalue weighted by Gasteiger charge is -2.12. The molecule has 0 saturated carbocycles. The van der Waals surface area contributed by atoms with Crippen molar-refractivity contribution < 1.29 is 28.7 Å². The Morgan fingerprint density at radius 1 is 0.872 bits per heavy atom. The molecule has 0 radical (unpaired) electrons. The van der Waals surface area contributed by atoms with Crippen molar-refractivity contribution >= 4 is 35.0 Å². The third kappa shape index (κ3) is 5.38. The highest BCUT2D eigenvalue weighted by Crippen LogP contribution is 2.35. The van der Waals surface area contributed by atoms with E-state index in [1.54, 1.807) is 34.9 Å². The summed E-state index contributed by atoms with van der Waals surface area (Å²) in [7, 11) is 2.56. The van der Waals surface area contributed by atoms with Gasteiger partial charge in [-0.15, -0.1) is 0 Å². The normalized spacial score (nSPS) is 10.7. The number of nitrogens with zero attached hydrogens (tertiary/aromatic N) is 1. The van der Waals surface area contributed by atoms with Crippen molar-refractivity contribution in [3.8, 4) is 11.1 Å². The van der Waals surface area contributed by atoms with E-state index in [4.69, 9.17) is 9.47 Å². The topological polar surface area (TPSA) is 115 Å². The van der Waals surface area contributed by atoms with Gasteiger partial charge in [0.2, 0.25) is 5.78 Å². The quantitative estimate of drug-likeness (QED) is 0.239. The number of nitrogens with one attached hydrogen (secondary N) is 2. The Hall–Kier alpha value is -4.92. The number of hydrogen-bond donors (Lipinski definition) is 2. The van der Waals surface area contributed by atoms with Crippen molar-refractivity contribution in [1.29, 1.82) is 0 Å². The van der Waals surface area contributed by atoms with Crippen molar-refractivity contribution in [3.63, 3.8) is 0 Å². The molecule has 2 aromatic heterocycles. The predicted octanol–water partition coefficient (Wildman–Crippen LogP) is 5.25. The number of benzene rings is 2. The lowest BCUT2D eigenvalue weighted by atomic mass is 9.97. The summed E-state index contributed by atoms with van der Waals surface area (Å²) in [5.74, 6) is -1.47. The van der Waals surface area contributed by atoms with Crippen molar-refractivity contribution in [3.05, 3.63) is 94.8 Å². The van der Waals surface area contributed by atoms with E-state index in [1.165, 1.54) is 26.4 Å². The highest BCUT2D eigenvalue weighted by molar-refractivity contribution is 6.13. The fraction of sp³-hybridized carbons (Fsp3) is 0.200. The van der Waals surface area contributed by atoms with Gasteiger partial charge in [-0.1, -0.05) is 25.1 Å². The van der Waals surface area contributed by atoms with Crippen LogP contribution in [-0.2, 0) is 9.47 Å². The van der Waals surface area contributed by atoms with Gasteiger partial charge in [-0.2, -0.15) is 0 Å². The van der Waals surface area contributed by atoms with Crippen LogP contribution in [0.3, 0.4) is 0 Å². The van der Waals surface area contributed by atoms with Crippen LogP contribution in [0.1, 0.15) is 55.7 Å². The molecule has 0 atom stereocenters. The van der Waals surface area contributed by atoms with Crippen molar-refractivity contribution in [2.24, 2.45) is 0 Å². The molecule has 200 valence electrons. The lowest BCUT2D eigenvalue weighted by Crippen LogP contribution is -2.30. The molecule has 0 bridgehead atoms. The highest BCUT2D eigenvalue weighted by atomic mass is 16.5. The number of pyridine rings is 1. The molecule has 0 saturated heterocycles. The molecule has 0 aliphatic heterocycles. The first-order valence-electron chi connectivity index (χ1n) is 12.4. The number of rotatable bonds is 8. The molecule has 2 aromatic carbocycles. The summed E-state index contributed by atoms with van der Waals surface area (Å²) < 4.78 is 11.6. The van der Waals surface area contributed by atoms with Crippen LogP contribution in [0, 0.1) is 6.92 Å². The van der Waals surface area contributed by atoms with Gasteiger partial charge in [0.05, 0.1) is 42.2 Å². The standard InChI is InChI=1S/C30H29N3O6/c1-5-14-31-30(37)32-23-13-12-20(17-22(23)29(36)39-4)27(34)26-18(2)25(24-11-6-7-15-33(24)26)19-9-8-10-21(16-19)28(35)38-3/h6-13,15-17H,5,14H2,1-4H3,(H2,31,32,37). The number of aromatic nitrogens is 1. The second-order valence-corrected chi connectivity index (χ2v) is 8.84. The highest BCUT2D eigenvalue weighted by Gasteiger charge is 2.25. The Balaban J connectivity index is 1.82. The number of carbonyl (C=O) groups is 4. The van der Waals surface area contributed by atoms with E-state index < -0.39 is 18.0 Å². The predicted molar refractivity (Wildman–Crippen MR) is 147 cm³/mol. The molecule has 4 aromatic rings. The molecule has 9 nitrogen and oxygen atoms in total. The summed E-state index contributed by atoms with van der Waals surface area (Å²) in [6, 6.07) is 16.6. The summed E-state index contributed by atoms with van der Waals surface area (Å²) in [5, 5.41) is 5.33. The molecule has 0 aliphatic carbocycles. The van der Waals surface area contributed by atoms with Gasteiger partial charge in [0.1, 0.15) is 0 Å². The zero-order valence-corrected chi connectivity index (χ0v) is 22.2. The molecule has 2 amide bonds. The summed E-state index contributed by atoms with van der Waals surface area (Å²) in [5.41, 5.74) is 4.36. The monoisotopic (exact) mass is 527 g/mol. The molecule has 0 spiro atoms. The van der Waals surface area contributed by atoms with Crippen LogP contribution in [0.15, 0.2) is 66.9 Å².